The molecular formula is C21H35N3O3. The summed E-state index contributed by atoms with van der Waals surface area (Å²) >= 11 is 0. The van der Waals surface area contributed by atoms with Gasteiger partial charge in [-0.1, -0.05) is 20.8 Å². The van der Waals surface area contributed by atoms with Gasteiger partial charge in [0.05, 0.1) is 25.3 Å². The molecular weight excluding hydrogens is 342 g/mol. The number of rotatable bonds is 8. The number of pyridine rings is 1. The highest BCUT2D eigenvalue weighted by molar-refractivity contribution is 5.71. The molecule has 2 rings (SSSR count). The molecule has 1 aromatic rings. The normalized spacial score (nSPS) is 21.1. The van der Waals surface area contributed by atoms with Crippen LogP contribution in [0, 0.1) is 5.92 Å². The van der Waals surface area contributed by atoms with Crippen LogP contribution >= 0.6 is 0 Å². The number of carbonyl (C=O) groups excluding carboxylic acids is 1. The van der Waals surface area contributed by atoms with E-state index in [-0.39, 0.29) is 11.9 Å². The summed E-state index contributed by atoms with van der Waals surface area (Å²) in [6, 6.07) is 2.40. The Morgan fingerprint density at radius 2 is 1.93 bits per heavy atom. The van der Waals surface area contributed by atoms with Crippen molar-refractivity contribution in [2.45, 2.75) is 70.9 Å². The van der Waals surface area contributed by atoms with Gasteiger partial charge in [0, 0.05) is 25.9 Å². The van der Waals surface area contributed by atoms with Crippen LogP contribution in [-0.2, 0) is 14.3 Å². The number of esters is 1. The Bertz CT molecular complexity index is 613. The van der Waals surface area contributed by atoms with Crippen molar-refractivity contribution in [2.24, 2.45) is 5.92 Å². The highest BCUT2D eigenvalue weighted by Crippen LogP contribution is 2.33. The maximum atomic E-state index is 11.5. The van der Waals surface area contributed by atoms with E-state index in [0.29, 0.717) is 30.2 Å². The number of methoxy groups -OCH3 is 2. The van der Waals surface area contributed by atoms with Crippen molar-refractivity contribution in [3.05, 3.63) is 17.8 Å². The summed E-state index contributed by atoms with van der Waals surface area (Å²) in [5.74, 6) is 1.18. The fourth-order valence-corrected chi connectivity index (χ4v) is 3.85. The maximum absolute atomic E-state index is 11.5. The number of aromatic nitrogens is 1. The van der Waals surface area contributed by atoms with Gasteiger partial charge < -0.3 is 20.1 Å². The second kappa shape index (κ2) is 9.93. The molecule has 0 spiro atoms. The molecule has 0 aliphatic heterocycles. The van der Waals surface area contributed by atoms with Gasteiger partial charge in [-0.25, -0.2) is 4.98 Å². The number of hydrogen-bond donors (Lipinski definition) is 1. The first-order valence-electron chi connectivity index (χ1n) is 9.97. The summed E-state index contributed by atoms with van der Waals surface area (Å²) in [6.07, 6.45) is 6.88. The number of ether oxygens (including phenoxy) is 2. The Hall–Kier alpha value is -1.82. The molecule has 6 nitrogen and oxygen atoms in total. The van der Waals surface area contributed by atoms with Gasteiger partial charge in [-0.05, 0) is 49.1 Å². The third kappa shape index (κ3) is 5.83. The van der Waals surface area contributed by atoms with E-state index in [2.05, 4.69) is 18.7 Å². The monoisotopic (exact) mass is 377 g/mol. The van der Waals surface area contributed by atoms with Gasteiger partial charge in [0.15, 0.2) is 5.82 Å². The molecule has 0 unspecified atom stereocenters. The molecule has 1 aliphatic carbocycles. The maximum Gasteiger partial charge on any atom is 0.306 e. The Balaban J connectivity index is 2.19. The van der Waals surface area contributed by atoms with Crippen molar-refractivity contribution in [1.29, 1.82) is 0 Å². The van der Waals surface area contributed by atoms with Gasteiger partial charge in [-0.2, -0.15) is 0 Å². The highest BCUT2D eigenvalue weighted by atomic mass is 16.5. The highest BCUT2D eigenvalue weighted by Gasteiger charge is 2.28. The van der Waals surface area contributed by atoms with E-state index in [9.17, 15) is 4.79 Å². The van der Waals surface area contributed by atoms with Crippen LogP contribution in [0.5, 0.6) is 0 Å². The molecule has 1 atom stereocenters. The number of hydrogen-bond acceptors (Lipinski definition) is 6. The van der Waals surface area contributed by atoms with E-state index >= 15 is 0 Å². The Kier molecular flexibility index (Phi) is 7.90. The fourth-order valence-electron chi connectivity index (χ4n) is 3.85. The average Bonchev–Trinajstić information content (AvgIpc) is 2.66. The lowest BCUT2D eigenvalue weighted by atomic mass is 9.91. The lowest BCUT2D eigenvalue weighted by Gasteiger charge is -2.39. The molecule has 0 saturated heterocycles. The summed E-state index contributed by atoms with van der Waals surface area (Å²) in [4.78, 5) is 18.6. The zero-order chi connectivity index (χ0) is 20.0. The Morgan fingerprint density at radius 3 is 2.44 bits per heavy atom. The lowest BCUT2D eigenvalue weighted by Crippen LogP contribution is -2.42. The smallest absolute Gasteiger partial charge is 0.306 e. The van der Waals surface area contributed by atoms with E-state index in [4.69, 9.17) is 20.2 Å². The topological polar surface area (TPSA) is 77.7 Å². The summed E-state index contributed by atoms with van der Waals surface area (Å²) in [7, 11) is 3.21. The lowest BCUT2D eigenvalue weighted by molar-refractivity contribution is -0.140. The number of nitrogen functional groups attached to an aromatic ring is 1. The van der Waals surface area contributed by atoms with Crippen molar-refractivity contribution in [2.75, 3.05) is 31.4 Å². The molecule has 2 N–H and O–H groups in total. The number of anilines is 2. The van der Waals surface area contributed by atoms with Crippen LogP contribution in [0.25, 0.3) is 0 Å². The van der Waals surface area contributed by atoms with Gasteiger partial charge >= 0.3 is 5.97 Å². The molecule has 1 fully saturated rings. The van der Waals surface area contributed by atoms with E-state index < -0.39 is 0 Å². The molecule has 0 amide bonds. The predicted octanol–water partition coefficient (Wildman–Crippen LogP) is 3.75. The quantitative estimate of drug-likeness (QED) is 0.695. The largest absolute Gasteiger partial charge is 0.469 e. The first-order chi connectivity index (χ1) is 12.8. The first kappa shape index (κ1) is 21.5. The van der Waals surface area contributed by atoms with Crippen molar-refractivity contribution in [3.63, 3.8) is 0 Å². The molecule has 1 aliphatic rings. The van der Waals surface area contributed by atoms with Crippen LogP contribution in [0.1, 0.15) is 64.4 Å². The van der Waals surface area contributed by atoms with Crippen molar-refractivity contribution >= 4 is 17.5 Å². The average molecular weight is 378 g/mol. The second-order valence-corrected chi connectivity index (χ2v) is 8.08. The fraction of sp³-hybridized carbons (Fsp3) is 0.714. The Morgan fingerprint density at radius 1 is 1.26 bits per heavy atom. The molecule has 27 heavy (non-hydrogen) atoms. The van der Waals surface area contributed by atoms with Crippen molar-refractivity contribution < 1.29 is 14.3 Å². The SMILES string of the molecule is COC(=O)C[C@@H](C)c1cnc(N(CC(C)C)[C@H]2CC[C@@H](OC)CC2)c(N)c1. The molecule has 1 saturated carbocycles. The van der Waals surface area contributed by atoms with Crippen LogP contribution in [0.15, 0.2) is 12.3 Å². The van der Waals surface area contributed by atoms with Gasteiger partial charge in [0.1, 0.15) is 0 Å². The van der Waals surface area contributed by atoms with Crippen LogP contribution in [-0.4, -0.2) is 43.9 Å². The van der Waals surface area contributed by atoms with Gasteiger partial charge in [0.2, 0.25) is 0 Å². The zero-order valence-electron chi connectivity index (χ0n) is 17.4. The van der Waals surface area contributed by atoms with Crippen LogP contribution in [0.2, 0.25) is 0 Å². The summed E-state index contributed by atoms with van der Waals surface area (Å²) < 4.78 is 10.3. The number of carbonyl (C=O) groups is 1. The van der Waals surface area contributed by atoms with Crippen molar-refractivity contribution in [3.8, 4) is 0 Å². The van der Waals surface area contributed by atoms with Gasteiger partial charge in [0.25, 0.3) is 0 Å². The second-order valence-electron chi connectivity index (χ2n) is 8.08. The minimum atomic E-state index is -0.221. The number of nitrogens with zero attached hydrogens (tertiary/aromatic N) is 2. The minimum absolute atomic E-state index is 0.0250. The standard InChI is InChI=1S/C21H35N3O3/c1-14(2)13-24(17-6-8-18(26-4)9-7-17)21-19(22)11-16(12-23-21)15(3)10-20(25)27-5/h11-12,14-15,17-18H,6-10,13,22H2,1-5H3/t15-,17-,18+/m1/s1. The van der Waals surface area contributed by atoms with E-state index in [1.54, 1.807) is 7.11 Å². The van der Waals surface area contributed by atoms with Crippen LogP contribution in [0.4, 0.5) is 11.5 Å². The molecule has 0 bridgehead atoms. The van der Waals surface area contributed by atoms with Crippen molar-refractivity contribution in [1.82, 2.24) is 4.98 Å². The van der Waals surface area contributed by atoms with E-state index in [0.717, 1.165) is 43.6 Å². The molecule has 152 valence electrons. The zero-order valence-corrected chi connectivity index (χ0v) is 17.4. The first-order valence-corrected chi connectivity index (χ1v) is 9.97. The van der Waals surface area contributed by atoms with Gasteiger partial charge in [-0.3, -0.25) is 4.79 Å². The van der Waals surface area contributed by atoms with Gasteiger partial charge in [-0.15, -0.1) is 0 Å². The molecule has 6 heteroatoms. The third-order valence-corrected chi connectivity index (χ3v) is 5.44. The van der Waals surface area contributed by atoms with Crippen LogP contribution < -0.4 is 10.6 Å². The predicted molar refractivity (Wildman–Crippen MR) is 109 cm³/mol. The summed E-state index contributed by atoms with van der Waals surface area (Å²) in [5, 5.41) is 0. The van der Waals surface area contributed by atoms with Crippen LogP contribution in [0.3, 0.4) is 0 Å². The molecule has 1 heterocycles. The molecule has 1 aromatic heterocycles. The summed E-state index contributed by atoms with van der Waals surface area (Å²) in [6.45, 7) is 7.36. The van der Waals surface area contributed by atoms with E-state index in [1.165, 1.54) is 7.11 Å². The van der Waals surface area contributed by atoms with E-state index in [1.807, 2.05) is 19.2 Å². The number of nitrogens with two attached hydrogens (primary N) is 1. The summed E-state index contributed by atoms with van der Waals surface area (Å²) in [5.41, 5.74) is 8.06. The third-order valence-electron chi connectivity index (χ3n) is 5.44. The molecule has 0 radical (unpaired) electrons. The molecule has 0 aromatic carbocycles. The Labute approximate surface area is 163 Å². The minimum Gasteiger partial charge on any atom is -0.469 e.